The zero-order valence-electron chi connectivity index (χ0n) is 6.56. The maximum Gasteiger partial charge on any atom is 0.195 e. The third kappa shape index (κ3) is 1.58. The Hall–Kier alpha value is -1.46. The Labute approximate surface area is 69.3 Å². The smallest absolute Gasteiger partial charge is 0.195 e. The molecule has 0 atom stereocenters. The van der Waals surface area contributed by atoms with Gasteiger partial charge in [-0.15, -0.1) is 10.2 Å². The van der Waals surface area contributed by atoms with Crippen molar-refractivity contribution in [2.75, 3.05) is 0 Å². The summed E-state index contributed by atoms with van der Waals surface area (Å²) in [6, 6.07) is 0. The highest BCUT2D eigenvalue weighted by Gasteiger charge is 2.25. The summed E-state index contributed by atoms with van der Waals surface area (Å²) in [5.74, 6) is 1.82. The van der Waals surface area contributed by atoms with E-state index in [4.69, 9.17) is 5.73 Å². The van der Waals surface area contributed by atoms with Crippen molar-refractivity contribution in [1.29, 1.82) is 0 Å². The van der Waals surface area contributed by atoms with Crippen molar-refractivity contribution in [2.45, 2.75) is 19.4 Å². The number of amidine groups is 1. The number of nitrogens with one attached hydrogen (secondary N) is 1. The van der Waals surface area contributed by atoms with E-state index in [2.05, 4.69) is 25.6 Å². The van der Waals surface area contributed by atoms with E-state index < -0.39 is 0 Å². The zero-order valence-corrected chi connectivity index (χ0v) is 6.56. The topological polar surface area (TPSA) is 92.8 Å². The summed E-state index contributed by atoms with van der Waals surface area (Å²) in [6.07, 6.45) is 2.34. The highest BCUT2D eigenvalue weighted by atomic mass is 15.5. The zero-order chi connectivity index (χ0) is 8.39. The number of H-pyrrole nitrogens is 1. The van der Waals surface area contributed by atoms with Crippen molar-refractivity contribution in [1.82, 2.24) is 20.6 Å². The van der Waals surface area contributed by atoms with E-state index in [1.807, 2.05) is 0 Å². The van der Waals surface area contributed by atoms with Crippen LogP contribution in [-0.4, -0.2) is 26.5 Å². The molecule has 6 heteroatoms. The van der Waals surface area contributed by atoms with Gasteiger partial charge in [-0.1, -0.05) is 5.21 Å². The van der Waals surface area contributed by atoms with Gasteiger partial charge in [0, 0.05) is 5.92 Å². The highest BCUT2D eigenvalue weighted by molar-refractivity contribution is 5.84. The molecule has 12 heavy (non-hydrogen) atoms. The molecule has 0 saturated heterocycles. The van der Waals surface area contributed by atoms with Gasteiger partial charge < -0.3 is 5.73 Å². The lowest BCUT2D eigenvalue weighted by atomic mass is 10.4. The standard InChI is InChI=1S/C6H10N6/c7-6(4-1-2-4)8-3-5-9-11-12-10-5/h4H,1-3H2,(H2,7,8)(H,9,10,11,12). The van der Waals surface area contributed by atoms with Gasteiger partial charge >= 0.3 is 0 Å². The van der Waals surface area contributed by atoms with Gasteiger partial charge in [0.2, 0.25) is 0 Å². The van der Waals surface area contributed by atoms with E-state index in [0.29, 0.717) is 18.3 Å². The number of aromatic amines is 1. The van der Waals surface area contributed by atoms with Crippen LogP contribution in [0, 0.1) is 5.92 Å². The van der Waals surface area contributed by atoms with Crippen LogP contribution in [0.4, 0.5) is 0 Å². The molecule has 0 amide bonds. The lowest BCUT2D eigenvalue weighted by Crippen LogP contribution is -2.14. The molecule has 1 aliphatic carbocycles. The summed E-state index contributed by atoms with van der Waals surface area (Å²) in [7, 11) is 0. The Morgan fingerprint density at radius 2 is 2.50 bits per heavy atom. The first kappa shape index (κ1) is 7.20. The quantitative estimate of drug-likeness (QED) is 0.466. The molecule has 1 fully saturated rings. The third-order valence-corrected chi connectivity index (χ3v) is 1.79. The average Bonchev–Trinajstić information content (AvgIpc) is 2.80. The fraction of sp³-hybridized carbons (Fsp3) is 0.667. The molecule has 1 heterocycles. The average molecular weight is 166 g/mol. The molecule has 2 rings (SSSR count). The summed E-state index contributed by atoms with van der Waals surface area (Å²) < 4.78 is 0. The van der Waals surface area contributed by atoms with E-state index >= 15 is 0 Å². The minimum Gasteiger partial charge on any atom is -0.387 e. The van der Waals surface area contributed by atoms with Crippen LogP contribution in [0.3, 0.4) is 0 Å². The molecular formula is C6H10N6. The lowest BCUT2D eigenvalue weighted by molar-refractivity contribution is 0.881. The van der Waals surface area contributed by atoms with E-state index in [0.717, 1.165) is 5.84 Å². The Bertz CT molecular complexity index is 272. The summed E-state index contributed by atoms with van der Waals surface area (Å²) in [4.78, 5) is 4.14. The summed E-state index contributed by atoms with van der Waals surface area (Å²) in [5, 5.41) is 13.3. The maximum atomic E-state index is 5.66. The predicted molar refractivity (Wildman–Crippen MR) is 42.2 cm³/mol. The fourth-order valence-corrected chi connectivity index (χ4v) is 0.920. The normalized spacial score (nSPS) is 18.2. The van der Waals surface area contributed by atoms with Gasteiger partial charge in [0.25, 0.3) is 0 Å². The number of nitrogens with two attached hydrogens (primary N) is 1. The van der Waals surface area contributed by atoms with Crippen LogP contribution in [-0.2, 0) is 6.54 Å². The van der Waals surface area contributed by atoms with Crippen molar-refractivity contribution in [2.24, 2.45) is 16.6 Å². The van der Waals surface area contributed by atoms with Gasteiger partial charge in [-0.2, -0.15) is 5.21 Å². The van der Waals surface area contributed by atoms with Gasteiger partial charge in [-0.25, -0.2) is 0 Å². The molecule has 0 aliphatic heterocycles. The number of rotatable bonds is 3. The number of nitrogens with zero attached hydrogens (tertiary/aromatic N) is 4. The molecule has 3 N–H and O–H groups in total. The molecule has 1 aliphatic rings. The van der Waals surface area contributed by atoms with Gasteiger partial charge in [0.1, 0.15) is 6.54 Å². The van der Waals surface area contributed by atoms with Gasteiger partial charge in [0.15, 0.2) is 5.82 Å². The van der Waals surface area contributed by atoms with Gasteiger partial charge in [-0.05, 0) is 12.8 Å². The van der Waals surface area contributed by atoms with Crippen molar-refractivity contribution in [3.63, 3.8) is 0 Å². The Morgan fingerprint density at radius 3 is 3.08 bits per heavy atom. The van der Waals surface area contributed by atoms with E-state index in [9.17, 15) is 0 Å². The van der Waals surface area contributed by atoms with Crippen LogP contribution in [0.1, 0.15) is 18.7 Å². The molecule has 0 radical (unpaired) electrons. The first-order valence-electron chi connectivity index (χ1n) is 3.88. The van der Waals surface area contributed by atoms with Crippen LogP contribution in [0.2, 0.25) is 0 Å². The van der Waals surface area contributed by atoms with E-state index in [-0.39, 0.29) is 0 Å². The van der Waals surface area contributed by atoms with Crippen LogP contribution < -0.4 is 5.73 Å². The molecule has 0 spiro atoms. The van der Waals surface area contributed by atoms with Crippen LogP contribution >= 0.6 is 0 Å². The van der Waals surface area contributed by atoms with Crippen molar-refractivity contribution < 1.29 is 0 Å². The molecule has 0 unspecified atom stereocenters. The van der Waals surface area contributed by atoms with Crippen molar-refractivity contribution in [3.8, 4) is 0 Å². The third-order valence-electron chi connectivity index (χ3n) is 1.79. The number of hydrogen-bond acceptors (Lipinski definition) is 4. The highest BCUT2D eigenvalue weighted by Crippen LogP contribution is 2.28. The van der Waals surface area contributed by atoms with Gasteiger partial charge in [-0.3, -0.25) is 4.99 Å². The molecule has 0 bridgehead atoms. The van der Waals surface area contributed by atoms with Crippen LogP contribution in [0.5, 0.6) is 0 Å². The summed E-state index contributed by atoms with van der Waals surface area (Å²) in [6.45, 7) is 0.429. The lowest BCUT2D eigenvalue weighted by Gasteiger charge is -1.93. The summed E-state index contributed by atoms with van der Waals surface area (Å²) >= 11 is 0. The maximum absolute atomic E-state index is 5.66. The first-order valence-corrected chi connectivity index (χ1v) is 3.88. The van der Waals surface area contributed by atoms with Gasteiger partial charge in [0.05, 0.1) is 5.84 Å². The molecule has 1 saturated carbocycles. The van der Waals surface area contributed by atoms with E-state index in [1.54, 1.807) is 0 Å². The molecule has 6 nitrogen and oxygen atoms in total. The second-order valence-corrected chi connectivity index (χ2v) is 2.84. The largest absolute Gasteiger partial charge is 0.387 e. The van der Waals surface area contributed by atoms with E-state index in [1.165, 1.54) is 12.8 Å². The number of tetrazole rings is 1. The Morgan fingerprint density at radius 1 is 1.67 bits per heavy atom. The Balaban J connectivity index is 1.91. The van der Waals surface area contributed by atoms with Crippen molar-refractivity contribution >= 4 is 5.84 Å². The number of aliphatic imine (C=N–C) groups is 1. The van der Waals surface area contributed by atoms with Crippen molar-refractivity contribution in [3.05, 3.63) is 5.82 Å². The number of aromatic nitrogens is 4. The number of hydrogen-bond donors (Lipinski definition) is 2. The molecule has 1 aromatic rings. The minimum absolute atomic E-state index is 0.429. The fourth-order valence-electron chi connectivity index (χ4n) is 0.920. The molecular weight excluding hydrogens is 156 g/mol. The minimum atomic E-state index is 0.429. The predicted octanol–water partition coefficient (Wildman–Crippen LogP) is -0.533. The Kier molecular flexibility index (Phi) is 1.73. The molecule has 1 aromatic heterocycles. The second-order valence-electron chi connectivity index (χ2n) is 2.84. The second kappa shape index (κ2) is 2.88. The molecule has 0 aromatic carbocycles. The monoisotopic (exact) mass is 166 g/mol. The SMILES string of the molecule is NC(=NCc1nn[nH]n1)C1CC1. The van der Waals surface area contributed by atoms with Crippen LogP contribution in [0.15, 0.2) is 4.99 Å². The molecule has 64 valence electrons. The van der Waals surface area contributed by atoms with Crippen LogP contribution in [0.25, 0.3) is 0 Å². The first-order chi connectivity index (χ1) is 5.86. The summed E-state index contributed by atoms with van der Waals surface area (Å²) in [5.41, 5.74) is 5.66.